The molecule has 0 unspecified atom stereocenters. The number of hydrogen-bond acceptors (Lipinski definition) is 5. The first-order valence-electron chi connectivity index (χ1n) is 7.24. The van der Waals surface area contributed by atoms with Crippen LogP contribution in [0.3, 0.4) is 0 Å². The van der Waals surface area contributed by atoms with Gasteiger partial charge >= 0.3 is 0 Å². The van der Waals surface area contributed by atoms with Crippen molar-refractivity contribution < 1.29 is 9.47 Å². The number of methoxy groups -OCH3 is 2. The Bertz CT molecular complexity index is 1060. The Labute approximate surface area is 146 Å². The van der Waals surface area contributed by atoms with Gasteiger partial charge in [0.1, 0.15) is 4.60 Å². The average Bonchev–Trinajstić information content (AvgIpc) is 2.97. The van der Waals surface area contributed by atoms with E-state index < -0.39 is 0 Å². The predicted molar refractivity (Wildman–Crippen MR) is 95.0 cm³/mol. The highest BCUT2D eigenvalue weighted by atomic mass is 79.9. The van der Waals surface area contributed by atoms with E-state index in [0.717, 1.165) is 26.6 Å². The van der Waals surface area contributed by atoms with Crippen molar-refractivity contribution in [3.8, 4) is 17.2 Å². The Hall–Kier alpha value is -2.67. The molecule has 0 saturated heterocycles. The third-order valence-electron chi connectivity index (χ3n) is 3.89. The third kappa shape index (κ3) is 2.20. The minimum Gasteiger partial charge on any atom is -0.493 e. The van der Waals surface area contributed by atoms with Crippen LogP contribution in [-0.4, -0.2) is 34.2 Å². The van der Waals surface area contributed by atoms with Crippen molar-refractivity contribution in [3.63, 3.8) is 0 Å². The molecule has 0 saturated carbocycles. The molecular formula is C17H13BrN4O2. The number of benzene rings is 2. The smallest absolute Gasteiger partial charge is 0.162 e. The Morgan fingerprint density at radius 3 is 2.54 bits per heavy atom. The van der Waals surface area contributed by atoms with Crippen molar-refractivity contribution in [1.29, 1.82) is 0 Å². The van der Waals surface area contributed by atoms with Crippen molar-refractivity contribution in [1.82, 2.24) is 20.0 Å². The molecule has 0 aliphatic rings. The molecule has 4 rings (SSSR count). The standard InChI is InChI=1S/C17H13BrN4O2/c1-23-15-7-11-12(8-16(15)24-2)20-19-9-14(11)22-13-6-4-3-5-10(13)17(18)21-22/h3-9H,1-2H3. The minimum atomic E-state index is 0.614. The summed E-state index contributed by atoms with van der Waals surface area (Å²) in [6, 6.07) is 11.7. The zero-order chi connectivity index (χ0) is 16.7. The molecule has 2 heterocycles. The number of aromatic nitrogens is 4. The number of rotatable bonds is 3. The molecular weight excluding hydrogens is 372 g/mol. The van der Waals surface area contributed by atoms with Crippen LogP contribution in [0.4, 0.5) is 0 Å². The number of nitrogens with zero attached hydrogens (tertiary/aromatic N) is 4. The molecule has 0 spiro atoms. The molecule has 0 aliphatic heterocycles. The predicted octanol–water partition coefficient (Wildman–Crippen LogP) is 3.75. The number of para-hydroxylation sites is 1. The fourth-order valence-corrected chi connectivity index (χ4v) is 3.25. The average molecular weight is 385 g/mol. The molecule has 0 N–H and O–H groups in total. The SMILES string of the molecule is COc1cc2nncc(-n3nc(Br)c4ccccc43)c2cc1OC. The van der Waals surface area contributed by atoms with Gasteiger partial charge in [0.2, 0.25) is 0 Å². The second-order valence-corrected chi connectivity index (χ2v) is 5.93. The maximum atomic E-state index is 5.42. The summed E-state index contributed by atoms with van der Waals surface area (Å²) in [5.74, 6) is 1.25. The molecule has 24 heavy (non-hydrogen) atoms. The first kappa shape index (κ1) is 14.9. The van der Waals surface area contributed by atoms with E-state index in [9.17, 15) is 0 Å². The van der Waals surface area contributed by atoms with Crippen LogP contribution in [-0.2, 0) is 0 Å². The summed E-state index contributed by atoms with van der Waals surface area (Å²) in [7, 11) is 3.21. The summed E-state index contributed by atoms with van der Waals surface area (Å²) in [5.41, 5.74) is 2.51. The topological polar surface area (TPSA) is 62.1 Å². The van der Waals surface area contributed by atoms with Gasteiger partial charge < -0.3 is 9.47 Å². The van der Waals surface area contributed by atoms with Crippen LogP contribution in [0.1, 0.15) is 0 Å². The van der Waals surface area contributed by atoms with E-state index in [-0.39, 0.29) is 0 Å². The number of halogens is 1. The lowest BCUT2D eigenvalue weighted by Crippen LogP contribution is -2.01. The van der Waals surface area contributed by atoms with E-state index in [1.54, 1.807) is 20.4 Å². The molecule has 7 heteroatoms. The fourth-order valence-electron chi connectivity index (χ4n) is 2.75. The molecule has 2 aromatic carbocycles. The van der Waals surface area contributed by atoms with Gasteiger partial charge in [0.05, 0.1) is 37.1 Å². The largest absolute Gasteiger partial charge is 0.493 e. The zero-order valence-corrected chi connectivity index (χ0v) is 14.6. The van der Waals surface area contributed by atoms with Crippen LogP contribution in [0.25, 0.3) is 27.5 Å². The summed E-state index contributed by atoms with van der Waals surface area (Å²) in [5, 5.41) is 14.8. The first-order valence-corrected chi connectivity index (χ1v) is 8.03. The molecule has 2 aromatic heterocycles. The molecule has 0 aliphatic carbocycles. The van der Waals surface area contributed by atoms with E-state index in [2.05, 4.69) is 31.2 Å². The maximum Gasteiger partial charge on any atom is 0.162 e. The van der Waals surface area contributed by atoms with Crippen molar-refractivity contribution in [2.75, 3.05) is 14.2 Å². The number of fused-ring (bicyclic) bond motifs is 2. The van der Waals surface area contributed by atoms with Gasteiger partial charge in [-0.25, -0.2) is 4.68 Å². The van der Waals surface area contributed by atoms with E-state index >= 15 is 0 Å². The normalized spacial score (nSPS) is 11.1. The minimum absolute atomic E-state index is 0.614. The maximum absolute atomic E-state index is 5.42. The van der Waals surface area contributed by atoms with Gasteiger partial charge in [0.25, 0.3) is 0 Å². The van der Waals surface area contributed by atoms with Crippen LogP contribution < -0.4 is 9.47 Å². The lowest BCUT2D eigenvalue weighted by molar-refractivity contribution is 0.355. The van der Waals surface area contributed by atoms with Gasteiger partial charge in [0, 0.05) is 16.8 Å². The molecule has 0 radical (unpaired) electrons. The Balaban J connectivity index is 2.06. The second-order valence-electron chi connectivity index (χ2n) is 5.17. The molecule has 0 amide bonds. The van der Waals surface area contributed by atoms with Gasteiger partial charge in [-0.3, -0.25) is 0 Å². The molecule has 6 nitrogen and oxygen atoms in total. The summed E-state index contributed by atoms with van der Waals surface area (Å²) in [4.78, 5) is 0. The van der Waals surface area contributed by atoms with Gasteiger partial charge in [-0.1, -0.05) is 18.2 Å². The fraction of sp³-hybridized carbons (Fsp3) is 0.118. The molecule has 0 bridgehead atoms. The number of hydrogen-bond donors (Lipinski definition) is 0. The van der Waals surface area contributed by atoms with Crippen molar-refractivity contribution in [2.45, 2.75) is 0 Å². The Kier molecular flexibility index (Phi) is 3.57. The lowest BCUT2D eigenvalue weighted by atomic mass is 10.1. The Morgan fingerprint density at radius 2 is 1.75 bits per heavy atom. The van der Waals surface area contributed by atoms with Crippen LogP contribution in [0.5, 0.6) is 11.5 Å². The van der Waals surface area contributed by atoms with Crippen molar-refractivity contribution >= 4 is 37.7 Å². The first-order chi connectivity index (χ1) is 11.7. The molecule has 0 fully saturated rings. The molecule has 120 valence electrons. The third-order valence-corrected chi connectivity index (χ3v) is 4.48. The highest BCUT2D eigenvalue weighted by Crippen LogP contribution is 2.34. The molecule has 4 aromatic rings. The van der Waals surface area contributed by atoms with E-state index in [1.165, 1.54) is 0 Å². The van der Waals surface area contributed by atoms with Crippen LogP contribution in [0, 0.1) is 0 Å². The van der Waals surface area contributed by atoms with Gasteiger partial charge in [0.15, 0.2) is 11.5 Å². The number of ether oxygens (including phenoxy) is 2. The van der Waals surface area contributed by atoms with E-state index in [4.69, 9.17) is 9.47 Å². The monoisotopic (exact) mass is 384 g/mol. The van der Waals surface area contributed by atoms with Crippen LogP contribution in [0.2, 0.25) is 0 Å². The quantitative estimate of drug-likeness (QED) is 0.538. The van der Waals surface area contributed by atoms with Gasteiger partial charge in [-0.2, -0.15) is 15.3 Å². The van der Waals surface area contributed by atoms with E-state index in [0.29, 0.717) is 17.0 Å². The molecule has 0 atom stereocenters. The summed E-state index contributed by atoms with van der Waals surface area (Å²) in [6.45, 7) is 0. The highest BCUT2D eigenvalue weighted by molar-refractivity contribution is 9.10. The highest BCUT2D eigenvalue weighted by Gasteiger charge is 2.15. The van der Waals surface area contributed by atoms with Crippen molar-refractivity contribution in [3.05, 3.63) is 47.2 Å². The Morgan fingerprint density at radius 1 is 1.00 bits per heavy atom. The van der Waals surface area contributed by atoms with Crippen LogP contribution in [0.15, 0.2) is 47.2 Å². The van der Waals surface area contributed by atoms with Gasteiger partial charge in [-0.15, -0.1) is 0 Å². The summed E-state index contributed by atoms with van der Waals surface area (Å²) in [6.07, 6.45) is 1.69. The summed E-state index contributed by atoms with van der Waals surface area (Å²) < 4.78 is 13.4. The second kappa shape index (κ2) is 5.76. The van der Waals surface area contributed by atoms with Crippen molar-refractivity contribution in [2.24, 2.45) is 0 Å². The van der Waals surface area contributed by atoms with E-state index in [1.807, 2.05) is 41.1 Å². The zero-order valence-electron chi connectivity index (χ0n) is 13.0. The summed E-state index contributed by atoms with van der Waals surface area (Å²) >= 11 is 3.52. The van der Waals surface area contributed by atoms with Gasteiger partial charge in [-0.05, 0) is 28.1 Å². The lowest BCUT2D eigenvalue weighted by Gasteiger charge is -2.11. The van der Waals surface area contributed by atoms with Crippen LogP contribution >= 0.6 is 15.9 Å².